The number of nitrogens with zero attached hydrogens (tertiary/aromatic N) is 1. The van der Waals surface area contributed by atoms with Crippen LogP contribution < -0.4 is 0 Å². The predicted octanol–water partition coefficient (Wildman–Crippen LogP) is 3.06. The normalized spacial score (nSPS) is 15.1. The molecule has 0 amide bonds. The van der Waals surface area contributed by atoms with Crippen LogP contribution in [0.1, 0.15) is 39.7 Å². The van der Waals surface area contributed by atoms with Crippen molar-refractivity contribution in [2.45, 2.75) is 45.6 Å². The topological polar surface area (TPSA) is 23.5 Å². The lowest BCUT2D eigenvalue weighted by molar-refractivity contribution is 0.124. The molecule has 0 saturated carbocycles. The first-order chi connectivity index (χ1) is 8.53. The summed E-state index contributed by atoms with van der Waals surface area (Å²) in [5, 5.41) is 9.81. The zero-order chi connectivity index (χ0) is 13.6. The van der Waals surface area contributed by atoms with E-state index in [1.807, 2.05) is 18.2 Å². The Morgan fingerprint density at radius 1 is 1.22 bits per heavy atom. The standard InChI is InChI=1S/C16H27NO/c1-5-11-17(14(2)3)12-16(4,13-18)15-9-7-6-8-10-15/h6-10,14,18H,5,11-13H2,1-4H3. The van der Waals surface area contributed by atoms with Gasteiger partial charge in [-0.2, -0.15) is 0 Å². The van der Waals surface area contributed by atoms with E-state index in [0.717, 1.165) is 19.5 Å². The summed E-state index contributed by atoms with van der Waals surface area (Å²) < 4.78 is 0. The van der Waals surface area contributed by atoms with E-state index in [4.69, 9.17) is 0 Å². The average Bonchev–Trinajstić information content (AvgIpc) is 2.39. The minimum Gasteiger partial charge on any atom is -0.395 e. The van der Waals surface area contributed by atoms with Crippen molar-refractivity contribution in [1.29, 1.82) is 0 Å². The minimum absolute atomic E-state index is 0.180. The van der Waals surface area contributed by atoms with Crippen molar-refractivity contribution in [3.05, 3.63) is 35.9 Å². The zero-order valence-corrected chi connectivity index (χ0v) is 12.2. The van der Waals surface area contributed by atoms with Crippen LogP contribution in [0.15, 0.2) is 30.3 Å². The van der Waals surface area contributed by atoms with Crippen molar-refractivity contribution < 1.29 is 5.11 Å². The van der Waals surface area contributed by atoms with Gasteiger partial charge in [0.15, 0.2) is 0 Å². The Kier molecular flexibility index (Phi) is 5.83. The van der Waals surface area contributed by atoms with Gasteiger partial charge in [-0.1, -0.05) is 44.2 Å². The van der Waals surface area contributed by atoms with Crippen LogP contribution in [0.4, 0.5) is 0 Å². The molecular formula is C16H27NO. The summed E-state index contributed by atoms with van der Waals surface area (Å²) in [4.78, 5) is 2.45. The molecule has 0 fully saturated rings. The summed E-state index contributed by atoms with van der Waals surface area (Å²) in [6.07, 6.45) is 1.15. The van der Waals surface area contributed by atoms with E-state index < -0.39 is 0 Å². The van der Waals surface area contributed by atoms with Gasteiger partial charge in [-0.3, -0.25) is 4.90 Å². The fourth-order valence-corrected chi connectivity index (χ4v) is 2.33. The molecule has 1 atom stereocenters. The Balaban J connectivity index is 2.88. The molecule has 0 aromatic heterocycles. The van der Waals surface area contributed by atoms with E-state index in [9.17, 15) is 5.11 Å². The molecule has 0 heterocycles. The van der Waals surface area contributed by atoms with Gasteiger partial charge in [-0.05, 0) is 32.4 Å². The van der Waals surface area contributed by atoms with E-state index in [1.165, 1.54) is 5.56 Å². The third-order valence-corrected chi connectivity index (χ3v) is 3.61. The lowest BCUT2D eigenvalue weighted by atomic mass is 9.82. The van der Waals surface area contributed by atoms with E-state index in [0.29, 0.717) is 6.04 Å². The van der Waals surface area contributed by atoms with Gasteiger partial charge in [0.1, 0.15) is 0 Å². The van der Waals surface area contributed by atoms with Crippen LogP contribution in [-0.2, 0) is 5.41 Å². The van der Waals surface area contributed by atoms with Crippen LogP contribution in [0, 0.1) is 0 Å². The largest absolute Gasteiger partial charge is 0.395 e. The molecule has 0 aliphatic heterocycles. The van der Waals surface area contributed by atoms with Gasteiger partial charge in [-0.15, -0.1) is 0 Å². The predicted molar refractivity (Wildman–Crippen MR) is 77.9 cm³/mol. The molecule has 1 N–H and O–H groups in total. The molecule has 18 heavy (non-hydrogen) atoms. The highest BCUT2D eigenvalue weighted by Gasteiger charge is 2.29. The molecule has 0 bridgehead atoms. The minimum atomic E-state index is -0.180. The monoisotopic (exact) mass is 249 g/mol. The van der Waals surface area contributed by atoms with Crippen LogP contribution in [0.3, 0.4) is 0 Å². The highest BCUT2D eigenvalue weighted by molar-refractivity contribution is 5.25. The van der Waals surface area contributed by atoms with Crippen molar-refractivity contribution in [3.8, 4) is 0 Å². The summed E-state index contributed by atoms with van der Waals surface area (Å²) in [5.41, 5.74) is 1.04. The Morgan fingerprint density at radius 2 is 1.83 bits per heavy atom. The first kappa shape index (κ1) is 15.2. The van der Waals surface area contributed by atoms with Crippen LogP contribution in [0.25, 0.3) is 0 Å². The maximum absolute atomic E-state index is 9.81. The van der Waals surface area contributed by atoms with Crippen molar-refractivity contribution in [2.24, 2.45) is 0 Å². The van der Waals surface area contributed by atoms with Crippen molar-refractivity contribution in [1.82, 2.24) is 4.90 Å². The smallest absolute Gasteiger partial charge is 0.0537 e. The number of hydrogen-bond acceptors (Lipinski definition) is 2. The third kappa shape index (κ3) is 3.82. The van der Waals surface area contributed by atoms with Gasteiger partial charge in [0.2, 0.25) is 0 Å². The van der Waals surface area contributed by atoms with Crippen molar-refractivity contribution in [3.63, 3.8) is 0 Å². The summed E-state index contributed by atoms with van der Waals surface area (Å²) in [6.45, 7) is 11.0. The molecule has 2 heteroatoms. The Bertz CT molecular complexity index is 336. The molecule has 1 aromatic carbocycles. The fraction of sp³-hybridized carbons (Fsp3) is 0.625. The lowest BCUT2D eigenvalue weighted by Crippen LogP contribution is -2.44. The van der Waals surface area contributed by atoms with Gasteiger partial charge < -0.3 is 5.11 Å². The lowest BCUT2D eigenvalue weighted by Gasteiger charge is -2.36. The second-order valence-corrected chi connectivity index (χ2v) is 5.65. The fourth-order valence-electron chi connectivity index (χ4n) is 2.33. The molecule has 0 spiro atoms. The maximum Gasteiger partial charge on any atom is 0.0537 e. The molecule has 0 radical (unpaired) electrons. The Morgan fingerprint density at radius 3 is 2.28 bits per heavy atom. The van der Waals surface area contributed by atoms with E-state index >= 15 is 0 Å². The Labute approximate surface area is 112 Å². The zero-order valence-electron chi connectivity index (χ0n) is 12.2. The molecule has 0 aliphatic rings. The second-order valence-electron chi connectivity index (χ2n) is 5.65. The van der Waals surface area contributed by atoms with Gasteiger partial charge >= 0.3 is 0 Å². The summed E-state index contributed by atoms with van der Waals surface area (Å²) in [6, 6.07) is 10.8. The van der Waals surface area contributed by atoms with Crippen molar-refractivity contribution >= 4 is 0 Å². The molecule has 2 nitrogen and oxygen atoms in total. The molecule has 0 saturated heterocycles. The summed E-state index contributed by atoms with van der Waals surface area (Å²) in [5.74, 6) is 0. The number of aliphatic hydroxyl groups is 1. The first-order valence-electron chi connectivity index (χ1n) is 6.94. The molecule has 1 aromatic rings. The van der Waals surface area contributed by atoms with Gasteiger partial charge in [-0.25, -0.2) is 0 Å². The number of hydrogen-bond donors (Lipinski definition) is 1. The van der Waals surface area contributed by atoms with Crippen LogP contribution in [0.2, 0.25) is 0 Å². The number of aliphatic hydroxyl groups excluding tert-OH is 1. The van der Waals surface area contributed by atoms with Crippen LogP contribution in [0.5, 0.6) is 0 Å². The quantitative estimate of drug-likeness (QED) is 0.803. The molecular weight excluding hydrogens is 222 g/mol. The van der Waals surface area contributed by atoms with E-state index in [-0.39, 0.29) is 12.0 Å². The number of rotatable bonds is 7. The van der Waals surface area contributed by atoms with Crippen LogP contribution in [-0.4, -0.2) is 35.7 Å². The van der Waals surface area contributed by atoms with Crippen LogP contribution >= 0.6 is 0 Å². The average molecular weight is 249 g/mol. The molecule has 0 aliphatic carbocycles. The SMILES string of the molecule is CCCN(CC(C)(CO)c1ccccc1)C(C)C. The highest BCUT2D eigenvalue weighted by Crippen LogP contribution is 2.25. The van der Waals surface area contributed by atoms with Gasteiger partial charge in [0.05, 0.1) is 6.61 Å². The third-order valence-electron chi connectivity index (χ3n) is 3.61. The summed E-state index contributed by atoms with van der Waals surface area (Å²) >= 11 is 0. The van der Waals surface area contributed by atoms with Crippen molar-refractivity contribution in [2.75, 3.05) is 19.7 Å². The van der Waals surface area contributed by atoms with Gasteiger partial charge in [0.25, 0.3) is 0 Å². The first-order valence-corrected chi connectivity index (χ1v) is 6.94. The summed E-state index contributed by atoms with van der Waals surface area (Å²) in [7, 11) is 0. The Hall–Kier alpha value is -0.860. The maximum atomic E-state index is 9.81. The highest BCUT2D eigenvalue weighted by atomic mass is 16.3. The molecule has 1 unspecified atom stereocenters. The molecule has 102 valence electrons. The number of benzene rings is 1. The van der Waals surface area contributed by atoms with E-state index in [1.54, 1.807) is 0 Å². The molecule has 1 rings (SSSR count). The van der Waals surface area contributed by atoms with Gasteiger partial charge in [0, 0.05) is 18.0 Å². The second kappa shape index (κ2) is 6.91. The van der Waals surface area contributed by atoms with E-state index in [2.05, 4.69) is 44.7 Å².